The van der Waals surface area contributed by atoms with Gasteiger partial charge in [-0.1, -0.05) is 25.0 Å². The maximum Gasteiger partial charge on any atom is 0.272 e. The van der Waals surface area contributed by atoms with Crippen LogP contribution in [0.3, 0.4) is 0 Å². The van der Waals surface area contributed by atoms with Crippen LogP contribution < -0.4 is 10.6 Å². The normalized spacial score (nSPS) is 14.8. The molecule has 3 rings (SSSR count). The molecule has 1 aromatic heterocycles. The lowest BCUT2D eigenvalue weighted by Gasteiger charge is -2.11. The molecule has 5 heteroatoms. The summed E-state index contributed by atoms with van der Waals surface area (Å²) in [5.74, 6) is 0.490. The van der Waals surface area contributed by atoms with Gasteiger partial charge in [-0.15, -0.1) is 10.2 Å². The van der Waals surface area contributed by atoms with Gasteiger partial charge in [0.15, 0.2) is 11.5 Å². The summed E-state index contributed by atoms with van der Waals surface area (Å²) in [6.07, 6.45) is 4.50. The number of amides is 1. The maximum absolute atomic E-state index is 12.1. The smallest absolute Gasteiger partial charge is 0.272 e. The summed E-state index contributed by atoms with van der Waals surface area (Å²) >= 11 is 0. The molecule has 114 valence electrons. The number of nitrogens with one attached hydrogen (secondary N) is 2. The lowest BCUT2D eigenvalue weighted by Crippen LogP contribution is -2.33. The molecule has 1 aromatic carbocycles. The Morgan fingerprint density at radius 3 is 2.64 bits per heavy atom. The van der Waals surface area contributed by atoms with Crippen molar-refractivity contribution in [3.63, 3.8) is 0 Å². The second-order valence-corrected chi connectivity index (χ2v) is 5.75. The first-order chi connectivity index (χ1) is 10.7. The summed E-state index contributed by atoms with van der Waals surface area (Å²) in [7, 11) is 0. The Labute approximate surface area is 130 Å². The molecule has 1 amide bonds. The van der Waals surface area contributed by atoms with E-state index in [0.717, 1.165) is 18.5 Å². The van der Waals surface area contributed by atoms with Crippen molar-refractivity contribution in [2.24, 2.45) is 0 Å². The van der Waals surface area contributed by atoms with Gasteiger partial charge in [0, 0.05) is 11.7 Å². The molecule has 0 atom stereocenters. The Morgan fingerprint density at radius 2 is 1.95 bits per heavy atom. The van der Waals surface area contributed by atoms with Gasteiger partial charge in [0.1, 0.15) is 0 Å². The van der Waals surface area contributed by atoms with Crippen LogP contribution in [-0.4, -0.2) is 22.1 Å². The number of aromatic nitrogens is 2. The van der Waals surface area contributed by atoms with Crippen molar-refractivity contribution in [3.8, 4) is 0 Å². The van der Waals surface area contributed by atoms with E-state index >= 15 is 0 Å². The monoisotopic (exact) mass is 296 g/mol. The van der Waals surface area contributed by atoms with E-state index in [0.29, 0.717) is 17.6 Å². The Bertz CT molecular complexity index is 648. The zero-order chi connectivity index (χ0) is 15.4. The molecule has 22 heavy (non-hydrogen) atoms. The highest BCUT2D eigenvalue weighted by atomic mass is 16.2. The van der Waals surface area contributed by atoms with Crippen molar-refractivity contribution in [3.05, 3.63) is 47.7 Å². The summed E-state index contributed by atoms with van der Waals surface area (Å²) in [4.78, 5) is 12.1. The summed E-state index contributed by atoms with van der Waals surface area (Å²) in [5.41, 5.74) is 2.49. The van der Waals surface area contributed by atoms with Gasteiger partial charge in [-0.2, -0.15) is 0 Å². The fourth-order valence-corrected chi connectivity index (χ4v) is 2.72. The molecule has 2 N–H and O–H groups in total. The quantitative estimate of drug-likeness (QED) is 0.909. The molecule has 0 bridgehead atoms. The third kappa shape index (κ3) is 3.61. The highest BCUT2D eigenvalue weighted by Gasteiger charge is 2.18. The molecule has 0 spiro atoms. The first-order valence-electron chi connectivity index (χ1n) is 7.69. The number of carbonyl (C=O) groups excluding carboxylic acids is 1. The maximum atomic E-state index is 12.1. The van der Waals surface area contributed by atoms with Crippen molar-refractivity contribution >= 4 is 17.4 Å². The van der Waals surface area contributed by atoms with Crippen molar-refractivity contribution in [2.45, 2.75) is 38.6 Å². The summed E-state index contributed by atoms with van der Waals surface area (Å²) in [6, 6.07) is 11.8. The second kappa shape index (κ2) is 6.56. The number of nitrogens with zero attached hydrogens (tertiary/aromatic N) is 2. The molecule has 0 radical (unpaired) electrons. The Morgan fingerprint density at radius 1 is 1.14 bits per heavy atom. The number of hydrogen-bond donors (Lipinski definition) is 2. The van der Waals surface area contributed by atoms with Gasteiger partial charge >= 0.3 is 0 Å². The molecule has 2 aromatic rings. The van der Waals surface area contributed by atoms with Gasteiger partial charge in [0.25, 0.3) is 5.91 Å². The minimum Gasteiger partial charge on any atom is -0.348 e. The average molecular weight is 296 g/mol. The molecular weight excluding hydrogens is 276 g/mol. The van der Waals surface area contributed by atoms with E-state index in [1.54, 1.807) is 12.1 Å². The third-order valence-corrected chi connectivity index (χ3v) is 3.88. The van der Waals surface area contributed by atoms with E-state index in [2.05, 4.69) is 20.8 Å². The van der Waals surface area contributed by atoms with Crippen LogP contribution in [0.5, 0.6) is 0 Å². The van der Waals surface area contributed by atoms with Crippen LogP contribution in [-0.2, 0) is 0 Å². The van der Waals surface area contributed by atoms with Crippen LogP contribution in [0.1, 0.15) is 41.7 Å². The van der Waals surface area contributed by atoms with E-state index in [1.165, 1.54) is 18.4 Å². The molecule has 0 aliphatic heterocycles. The van der Waals surface area contributed by atoms with Crippen LogP contribution in [0.2, 0.25) is 0 Å². The molecule has 1 aliphatic carbocycles. The molecule has 1 heterocycles. The fourth-order valence-electron chi connectivity index (χ4n) is 2.72. The highest BCUT2D eigenvalue weighted by Crippen LogP contribution is 2.18. The zero-order valence-electron chi connectivity index (χ0n) is 12.7. The van der Waals surface area contributed by atoms with Crippen LogP contribution in [0, 0.1) is 6.92 Å². The van der Waals surface area contributed by atoms with E-state index in [1.807, 2.05) is 31.2 Å². The molecule has 1 fully saturated rings. The highest BCUT2D eigenvalue weighted by molar-refractivity contribution is 5.92. The molecule has 0 saturated heterocycles. The predicted octanol–water partition coefficient (Wildman–Crippen LogP) is 3.20. The predicted molar refractivity (Wildman–Crippen MR) is 86.2 cm³/mol. The molecular formula is C17H20N4O. The number of aryl methyl sites for hydroxylation is 1. The van der Waals surface area contributed by atoms with E-state index in [-0.39, 0.29) is 5.91 Å². The second-order valence-electron chi connectivity index (χ2n) is 5.75. The Kier molecular flexibility index (Phi) is 4.32. The molecule has 1 aliphatic rings. The first kappa shape index (κ1) is 14.5. The first-order valence-corrected chi connectivity index (χ1v) is 7.69. The van der Waals surface area contributed by atoms with Crippen LogP contribution >= 0.6 is 0 Å². The van der Waals surface area contributed by atoms with E-state index in [9.17, 15) is 4.79 Å². The van der Waals surface area contributed by atoms with Gasteiger partial charge in [-0.25, -0.2) is 0 Å². The third-order valence-electron chi connectivity index (χ3n) is 3.88. The van der Waals surface area contributed by atoms with Crippen molar-refractivity contribution in [2.75, 3.05) is 5.32 Å². The molecule has 1 saturated carbocycles. The van der Waals surface area contributed by atoms with Gasteiger partial charge in [-0.3, -0.25) is 4.79 Å². The minimum absolute atomic E-state index is 0.137. The Hall–Kier alpha value is -2.43. The van der Waals surface area contributed by atoms with E-state index < -0.39 is 0 Å². The number of rotatable bonds is 4. The van der Waals surface area contributed by atoms with Crippen molar-refractivity contribution in [1.29, 1.82) is 0 Å². The SMILES string of the molecule is Cc1cccc(Nc2ccc(C(=O)NC3CCCC3)nn2)c1. The standard InChI is InChI=1S/C17H20N4O/c1-12-5-4-8-14(11-12)18-16-10-9-15(20-21-16)17(22)19-13-6-2-3-7-13/h4-5,8-11,13H,2-3,6-7H2,1H3,(H,18,21)(H,19,22). The fraction of sp³-hybridized carbons (Fsp3) is 0.353. The average Bonchev–Trinajstić information content (AvgIpc) is 3.01. The Balaban J connectivity index is 1.63. The van der Waals surface area contributed by atoms with Crippen LogP contribution in [0.4, 0.5) is 11.5 Å². The summed E-state index contributed by atoms with van der Waals surface area (Å²) in [5, 5.41) is 14.3. The lowest BCUT2D eigenvalue weighted by molar-refractivity contribution is 0.0932. The largest absolute Gasteiger partial charge is 0.348 e. The summed E-state index contributed by atoms with van der Waals surface area (Å²) < 4.78 is 0. The minimum atomic E-state index is -0.137. The number of anilines is 2. The van der Waals surface area contributed by atoms with Crippen molar-refractivity contribution < 1.29 is 4.79 Å². The van der Waals surface area contributed by atoms with Crippen LogP contribution in [0.15, 0.2) is 36.4 Å². The number of hydrogen-bond acceptors (Lipinski definition) is 4. The van der Waals surface area contributed by atoms with Crippen molar-refractivity contribution in [1.82, 2.24) is 15.5 Å². The molecule has 5 nitrogen and oxygen atoms in total. The summed E-state index contributed by atoms with van der Waals surface area (Å²) in [6.45, 7) is 2.04. The van der Waals surface area contributed by atoms with Crippen LogP contribution in [0.25, 0.3) is 0 Å². The van der Waals surface area contributed by atoms with Gasteiger partial charge < -0.3 is 10.6 Å². The number of carbonyl (C=O) groups is 1. The van der Waals surface area contributed by atoms with Gasteiger partial charge in [-0.05, 0) is 49.6 Å². The van der Waals surface area contributed by atoms with Gasteiger partial charge in [0.2, 0.25) is 0 Å². The van der Waals surface area contributed by atoms with E-state index in [4.69, 9.17) is 0 Å². The topological polar surface area (TPSA) is 66.9 Å². The number of benzene rings is 1. The lowest BCUT2D eigenvalue weighted by atomic mass is 10.2. The zero-order valence-corrected chi connectivity index (χ0v) is 12.7. The van der Waals surface area contributed by atoms with Gasteiger partial charge in [0.05, 0.1) is 0 Å². The molecule has 0 unspecified atom stereocenters.